The lowest BCUT2D eigenvalue weighted by molar-refractivity contribution is -0.291. The van der Waals surface area contributed by atoms with E-state index in [9.17, 15) is 10.2 Å². The number of para-hydroxylation sites is 1. The summed E-state index contributed by atoms with van der Waals surface area (Å²) < 4.78 is 0. The Labute approximate surface area is 148 Å². The van der Waals surface area contributed by atoms with Crippen molar-refractivity contribution in [1.29, 1.82) is 0 Å². The first kappa shape index (κ1) is 15.9. The number of piperidine rings is 1. The molecule has 0 bridgehead atoms. The fourth-order valence-electron chi connectivity index (χ4n) is 3.97. The fourth-order valence-corrected chi connectivity index (χ4v) is 3.97. The van der Waals surface area contributed by atoms with Gasteiger partial charge in [-0.25, -0.2) is 0 Å². The van der Waals surface area contributed by atoms with Gasteiger partial charge in [0.2, 0.25) is 0 Å². The number of anilines is 2. The lowest BCUT2D eigenvalue weighted by Crippen LogP contribution is -2.33. The number of hydrogen-bond donors (Lipinski definition) is 1. The van der Waals surface area contributed by atoms with Gasteiger partial charge in [-0.05, 0) is 31.4 Å². The first-order chi connectivity index (χ1) is 12.2. The van der Waals surface area contributed by atoms with Gasteiger partial charge in [-0.2, -0.15) is 0 Å². The summed E-state index contributed by atoms with van der Waals surface area (Å²) in [5.74, 6) is -0.138. The zero-order valence-electron chi connectivity index (χ0n) is 14.5. The molecule has 2 aromatic rings. The molecule has 2 aromatic carbocycles. The van der Waals surface area contributed by atoms with E-state index >= 15 is 0 Å². The van der Waals surface area contributed by atoms with E-state index < -0.39 is 0 Å². The van der Waals surface area contributed by atoms with Crippen LogP contribution >= 0.6 is 0 Å². The minimum Gasteiger partial charge on any atom is -0.811 e. The zero-order valence-corrected chi connectivity index (χ0v) is 14.5. The van der Waals surface area contributed by atoms with Gasteiger partial charge in [-0.3, -0.25) is 0 Å². The Morgan fingerprint density at radius 2 is 1.96 bits per heavy atom. The summed E-state index contributed by atoms with van der Waals surface area (Å²) in [6, 6.07) is 7.99. The molecule has 2 heterocycles. The molecule has 1 fully saturated rings. The minimum absolute atomic E-state index is 0.0688. The van der Waals surface area contributed by atoms with Crippen molar-refractivity contribution < 1.29 is 10.2 Å². The summed E-state index contributed by atoms with van der Waals surface area (Å²) in [5, 5.41) is 28.9. The molecule has 1 N–H and O–H groups in total. The number of allylic oxidation sites excluding steroid dienone is 3. The predicted molar refractivity (Wildman–Crippen MR) is 98.9 cm³/mol. The Bertz CT molecular complexity index is 814. The smallest absolute Gasteiger partial charge is 0.194 e. The fraction of sp³-hybridized carbons (Fsp3) is 0.333. The maximum Gasteiger partial charge on any atom is 0.194 e. The second kappa shape index (κ2) is 6.36. The lowest BCUT2D eigenvalue weighted by Gasteiger charge is -2.32. The van der Waals surface area contributed by atoms with Crippen LogP contribution in [0, 0.1) is 0 Å². The van der Waals surface area contributed by atoms with Crippen molar-refractivity contribution >= 4 is 22.5 Å². The molecule has 0 spiro atoms. The minimum atomic E-state index is -0.0688. The normalized spacial score (nSPS) is 18.8. The Morgan fingerprint density at radius 1 is 1.20 bits per heavy atom. The summed E-state index contributed by atoms with van der Waals surface area (Å²) in [6.45, 7) is 3.66. The summed E-state index contributed by atoms with van der Waals surface area (Å²) in [4.78, 5) is 1.99. The topological polar surface area (TPSA) is 61.4 Å². The van der Waals surface area contributed by atoms with E-state index in [-0.39, 0.29) is 11.5 Å². The van der Waals surface area contributed by atoms with Gasteiger partial charge in [-0.1, -0.05) is 19.1 Å². The van der Waals surface area contributed by atoms with Crippen molar-refractivity contribution in [1.82, 2.24) is 0 Å². The number of hydrogen-bond acceptors (Lipinski definition) is 4. The van der Waals surface area contributed by atoms with E-state index in [2.05, 4.69) is 5.32 Å². The van der Waals surface area contributed by atoms with Crippen LogP contribution in [0.1, 0.15) is 43.7 Å². The average Bonchev–Trinajstić information content (AvgIpc) is 2.66. The van der Waals surface area contributed by atoms with Crippen molar-refractivity contribution in [2.24, 2.45) is 0 Å². The van der Waals surface area contributed by atoms with Gasteiger partial charge < -0.3 is 20.4 Å². The van der Waals surface area contributed by atoms with Crippen LogP contribution in [0.2, 0.25) is 0 Å². The summed E-state index contributed by atoms with van der Waals surface area (Å²) in [5.41, 5.74) is 4.69. The van der Waals surface area contributed by atoms with Crippen LogP contribution in [0.3, 0.4) is 0 Å². The third-order valence-electron chi connectivity index (χ3n) is 5.24. The average molecular weight is 334 g/mol. The Hall–Kier alpha value is -2.62. The molecule has 1 saturated heterocycles. The standard InChI is InChI=1S/C21H22N2O2/c1-2-14(15-10-11-22-17-9-5-4-8-16(15)17)18-20(24)19(21(18)25)23-12-6-3-7-13-23/h4-5,8-11,22H,2-3,6-7,12-13H2,1H3. The SMILES string of the molecule is CCC(=C1C=CNc2ccccc21)[c+]1c([O-])c(N2CCCCC2)[c+]1[O-]. The van der Waals surface area contributed by atoms with Crippen LogP contribution in [-0.2, 0) is 0 Å². The van der Waals surface area contributed by atoms with Crippen LogP contribution in [0.15, 0.2) is 36.5 Å². The molecule has 4 rings (SSSR count). The van der Waals surface area contributed by atoms with Crippen molar-refractivity contribution in [2.45, 2.75) is 32.6 Å². The molecular weight excluding hydrogens is 312 g/mol. The van der Waals surface area contributed by atoms with Crippen LogP contribution in [0.5, 0.6) is 11.5 Å². The monoisotopic (exact) mass is 334 g/mol. The number of fused-ring (bicyclic) bond motifs is 1. The largest absolute Gasteiger partial charge is 0.811 e. The van der Waals surface area contributed by atoms with E-state index in [1.165, 1.54) is 6.42 Å². The van der Waals surface area contributed by atoms with Gasteiger partial charge in [0.25, 0.3) is 0 Å². The molecule has 128 valence electrons. The first-order valence-electron chi connectivity index (χ1n) is 9.06. The Kier molecular flexibility index (Phi) is 4.04. The van der Waals surface area contributed by atoms with Gasteiger partial charge in [0.05, 0.1) is 16.8 Å². The van der Waals surface area contributed by atoms with E-state index in [1.54, 1.807) is 0 Å². The molecule has 0 unspecified atom stereocenters. The molecule has 2 aliphatic heterocycles. The van der Waals surface area contributed by atoms with E-state index in [0.29, 0.717) is 17.7 Å². The van der Waals surface area contributed by atoms with Gasteiger partial charge in [-0.15, -0.1) is 0 Å². The van der Waals surface area contributed by atoms with Crippen molar-refractivity contribution in [3.63, 3.8) is 0 Å². The van der Waals surface area contributed by atoms with E-state index in [4.69, 9.17) is 0 Å². The van der Waals surface area contributed by atoms with Crippen LogP contribution < -0.4 is 20.4 Å². The quantitative estimate of drug-likeness (QED) is 0.873. The second-order valence-electron chi connectivity index (χ2n) is 6.70. The van der Waals surface area contributed by atoms with E-state index in [0.717, 1.165) is 48.3 Å². The molecule has 2 aliphatic rings. The molecule has 0 aromatic heterocycles. The lowest BCUT2D eigenvalue weighted by atomic mass is 9.86. The highest BCUT2D eigenvalue weighted by molar-refractivity contribution is 6.05. The number of rotatable bonds is 3. The highest BCUT2D eigenvalue weighted by Crippen LogP contribution is 2.52. The third kappa shape index (κ3) is 2.53. The van der Waals surface area contributed by atoms with Gasteiger partial charge in [0.15, 0.2) is 11.3 Å². The molecule has 0 amide bonds. The molecule has 4 heteroatoms. The van der Waals surface area contributed by atoms with Crippen LogP contribution in [0.4, 0.5) is 11.4 Å². The predicted octanol–water partition coefficient (Wildman–Crippen LogP) is 3.52. The van der Waals surface area contributed by atoms with Crippen molar-refractivity contribution in [3.8, 4) is 11.5 Å². The second-order valence-corrected chi connectivity index (χ2v) is 6.70. The third-order valence-corrected chi connectivity index (χ3v) is 5.24. The molecule has 4 nitrogen and oxygen atoms in total. The van der Waals surface area contributed by atoms with Gasteiger partial charge >= 0.3 is 0 Å². The van der Waals surface area contributed by atoms with E-state index in [1.807, 2.05) is 48.4 Å². The number of nitrogens with zero attached hydrogens (tertiary/aromatic N) is 1. The van der Waals surface area contributed by atoms with Crippen LogP contribution in [-0.4, -0.2) is 13.1 Å². The molecule has 0 saturated carbocycles. The molecule has 0 aliphatic carbocycles. The Balaban J connectivity index is 1.78. The summed E-state index contributed by atoms with van der Waals surface area (Å²) in [7, 11) is 0. The first-order valence-corrected chi connectivity index (χ1v) is 9.06. The molecular formula is C21H22N2O2. The zero-order chi connectivity index (χ0) is 17.4. The summed E-state index contributed by atoms with van der Waals surface area (Å²) >= 11 is 0. The van der Waals surface area contributed by atoms with Gasteiger partial charge in [0.1, 0.15) is 17.1 Å². The maximum absolute atomic E-state index is 12.8. The Morgan fingerprint density at radius 3 is 2.68 bits per heavy atom. The highest BCUT2D eigenvalue weighted by Gasteiger charge is 2.36. The molecule has 0 atom stereocenters. The molecule has 0 radical (unpaired) electrons. The van der Waals surface area contributed by atoms with Crippen molar-refractivity contribution in [2.75, 3.05) is 23.3 Å². The highest BCUT2D eigenvalue weighted by atomic mass is 16.3. The number of benzene rings is 1. The molecule has 25 heavy (non-hydrogen) atoms. The summed E-state index contributed by atoms with van der Waals surface area (Å²) in [6.07, 6.45) is 7.80. The maximum atomic E-state index is 12.8. The number of nitrogens with one attached hydrogen (secondary N) is 1. The van der Waals surface area contributed by atoms with Gasteiger partial charge in [0, 0.05) is 31.8 Å². The van der Waals surface area contributed by atoms with Crippen molar-refractivity contribution in [3.05, 3.63) is 47.7 Å². The van der Waals surface area contributed by atoms with Crippen LogP contribution in [0.25, 0.3) is 11.1 Å².